The van der Waals surface area contributed by atoms with Crippen molar-refractivity contribution in [3.8, 4) is 0 Å². The van der Waals surface area contributed by atoms with Crippen molar-refractivity contribution in [3.63, 3.8) is 0 Å². The fourth-order valence-electron chi connectivity index (χ4n) is 3.06. The van der Waals surface area contributed by atoms with Crippen LogP contribution in [0.3, 0.4) is 0 Å². The molecule has 0 bridgehead atoms. The van der Waals surface area contributed by atoms with Crippen molar-refractivity contribution in [1.29, 1.82) is 0 Å². The highest BCUT2D eigenvalue weighted by Crippen LogP contribution is 2.21. The smallest absolute Gasteiger partial charge is 0.00726 e. The molecule has 1 unspecified atom stereocenters. The van der Waals surface area contributed by atoms with Gasteiger partial charge in [0.15, 0.2) is 0 Å². The molecule has 0 heterocycles. The molecule has 2 rings (SSSR count). The molecule has 114 valence electrons. The summed E-state index contributed by atoms with van der Waals surface area (Å²) in [4.78, 5) is 0. The van der Waals surface area contributed by atoms with Gasteiger partial charge in [-0.1, -0.05) is 63.2 Å². The largest absolute Gasteiger partial charge is 0.314 e. The maximum Gasteiger partial charge on any atom is 0.00726 e. The second-order valence-corrected chi connectivity index (χ2v) is 6.46. The maximum absolute atomic E-state index is 3.72. The zero-order valence-corrected chi connectivity index (χ0v) is 13.7. The van der Waals surface area contributed by atoms with Gasteiger partial charge in [-0.15, -0.1) is 0 Å². The summed E-state index contributed by atoms with van der Waals surface area (Å²) in [7, 11) is 0. The summed E-state index contributed by atoms with van der Waals surface area (Å²) >= 11 is 0. The number of fused-ring (bicyclic) bond motifs is 1. The fraction of sp³-hybridized carbons (Fsp3) is 0.500. The van der Waals surface area contributed by atoms with Crippen molar-refractivity contribution >= 4 is 10.8 Å². The molecule has 21 heavy (non-hydrogen) atoms. The molecule has 0 saturated carbocycles. The van der Waals surface area contributed by atoms with Crippen LogP contribution in [0.15, 0.2) is 42.5 Å². The van der Waals surface area contributed by atoms with Crippen LogP contribution in [0.4, 0.5) is 0 Å². The van der Waals surface area contributed by atoms with E-state index in [1.54, 1.807) is 0 Å². The molecule has 0 fully saturated rings. The van der Waals surface area contributed by atoms with Crippen molar-refractivity contribution in [2.75, 3.05) is 6.54 Å². The Kier molecular flexibility index (Phi) is 6.25. The summed E-state index contributed by atoms with van der Waals surface area (Å²) in [6.07, 6.45) is 4.87. The number of aryl methyl sites for hydroxylation is 1. The molecular weight excluding hydrogens is 254 g/mol. The molecule has 0 aliphatic rings. The minimum atomic E-state index is 0.643. The quantitative estimate of drug-likeness (QED) is 0.703. The lowest BCUT2D eigenvalue weighted by molar-refractivity contribution is 0.399. The molecule has 1 nitrogen and oxygen atoms in total. The van der Waals surface area contributed by atoms with Crippen LogP contribution in [0.1, 0.15) is 45.6 Å². The third kappa shape index (κ3) is 4.86. The highest BCUT2D eigenvalue weighted by Gasteiger charge is 2.11. The molecule has 0 aliphatic heterocycles. The summed E-state index contributed by atoms with van der Waals surface area (Å²) in [5.74, 6) is 0.756. The Bertz CT molecular complexity index is 539. The Balaban J connectivity index is 2.04. The van der Waals surface area contributed by atoms with Crippen molar-refractivity contribution in [2.45, 2.75) is 52.5 Å². The Hall–Kier alpha value is -1.34. The summed E-state index contributed by atoms with van der Waals surface area (Å²) in [6, 6.07) is 16.1. The first-order chi connectivity index (χ1) is 10.2. The highest BCUT2D eigenvalue weighted by atomic mass is 14.9. The number of hydrogen-bond donors (Lipinski definition) is 1. The van der Waals surface area contributed by atoms with Crippen molar-refractivity contribution in [2.24, 2.45) is 5.92 Å². The molecule has 2 aromatic rings. The van der Waals surface area contributed by atoms with Crippen LogP contribution < -0.4 is 5.32 Å². The predicted octanol–water partition coefficient (Wildman–Crippen LogP) is 5.19. The zero-order chi connectivity index (χ0) is 15.1. The molecule has 2 aromatic carbocycles. The van der Waals surface area contributed by atoms with Gasteiger partial charge in [-0.2, -0.15) is 0 Å². The van der Waals surface area contributed by atoms with Crippen molar-refractivity contribution in [1.82, 2.24) is 5.32 Å². The second-order valence-electron chi connectivity index (χ2n) is 6.46. The third-order valence-electron chi connectivity index (χ3n) is 4.08. The minimum Gasteiger partial charge on any atom is -0.314 e. The van der Waals surface area contributed by atoms with Crippen LogP contribution in [0, 0.1) is 5.92 Å². The van der Waals surface area contributed by atoms with E-state index in [0.29, 0.717) is 6.04 Å². The monoisotopic (exact) mass is 283 g/mol. The molecule has 1 atom stereocenters. The van der Waals surface area contributed by atoms with Gasteiger partial charge in [0.05, 0.1) is 0 Å². The molecule has 0 amide bonds. The van der Waals surface area contributed by atoms with Crippen LogP contribution in [0.2, 0.25) is 0 Å². The Morgan fingerprint density at radius 3 is 2.52 bits per heavy atom. The fourth-order valence-corrected chi connectivity index (χ4v) is 3.06. The van der Waals surface area contributed by atoms with Crippen LogP contribution in [0.5, 0.6) is 0 Å². The van der Waals surface area contributed by atoms with Gasteiger partial charge in [0.25, 0.3) is 0 Å². The normalized spacial score (nSPS) is 13.0. The molecule has 1 N–H and O–H groups in total. The first-order valence-corrected chi connectivity index (χ1v) is 8.40. The summed E-state index contributed by atoms with van der Waals surface area (Å²) in [6.45, 7) is 8.01. The molecule has 0 radical (unpaired) electrons. The van der Waals surface area contributed by atoms with Crippen molar-refractivity contribution < 1.29 is 0 Å². The summed E-state index contributed by atoms with van der Waals surface area (Å²) in [5.41, 5.74) is 1.49. The first-order valence-electron chi connectivity index (χ1n) is 8.40. The Morgan fingerprint density at radius 2 is 1.76 bits per heavy atom. The highest BCUT2D eigenvalue weighted by molar-refractivity contribution is 5.85. The van der Waals surface area contributed by atoms with Crippen LogP contribution >= 0.6 is 0 Å². The Morgan fingerprint density at radius 1 is 1.00 bits per heavy atom. The van der Waals surface area contributed by atoms with E-state index in [1.165, 1.54) is 35.6 Å². The molecule has 0 saturated heterocycles. The number of rotatable bonds is 8. The van der Waals surface area contributed by atoms with E-state index in [-0.39, 0.29) is 0 Å². The molecule has 1 heteroatoms. The van der Waals surface area contributed by atoms with Gasteiger partial charge in [-0.3, -0.25) is 0 Å². The van der Waals surface area contributed by atoms with E-state index in [0.717, 1.165) is 18.9 Å². The standard InChI is InChI=1S/C20H29N/c1-4-14-21-19(15-16(2)3)13-12-18-10-7-9-17-8-5-6-11-20(17)18/h5-11,16,19,21H,4,12-15H2,1-3H3. The third-order valence-corrected chi connectivity index (χ3v) is 4.08. The molecule has 0 aliphatic carbocycles. The van der Waals surface area contributed by atoms with E-state index in [1.807, 2.05) is 0 Å². The van der Waals surface area contributed by atoms with Gasteiger partial charge in [-0.25, -0.2) is 0 Å². The van der Waals surface area contributed by atoms with E-state index in [2.05, 4.69) is 68.6 Å². The predicted molar refractivity (Wildman–Crippen MR) is 93.8 cm³/mol. The van der Waals surface area contributed by atoms with Gasteiger partial charge >= 0.3 is 0 Å². The summed E-state index contributed by atoms with van der Waals surface area (Å²) in [5, 5.41) is 6.49. The average molecular weight is 283 g/mol. The van der Waals surface area contributed by atoms with E-state index >= 15 is 0 Å². The van der Waals surface area contributed by atoms with E-state index in [9.17, 15) is 0 Å². The summed E-state index contributed by atoms with van der Waals surface area (Å²) < 4.78 is 0. The number of benzene rings is 2. The van der Waals surface area contributed by atoms with Crippen LogP contribution in [-0.4, -0.2) is 12.6 Å². The van der Waals surface area contributed by atoms with E-state index in [4.69, 9.17) is 0 Å². The van der Waals surface area contributed by atoms with Gasteiger partial charge < -0.3 is 5.32 Å². The topological polar surface area (TPSA) is 12.0 Å². The van der Waals surface area contributed by atoms with E-state index < -0.39 is 0 Å². The zero-order valence-electron chi connectivity index (χ0n) is 13.7. The second kappa shape index (κ2) is 8.19. The first kappa shape index (κ1) is 16.0. The van der Waals surface area contributed by atoms with Gasteiger partial charge in [0.2, 0.25) is 0 Å². The minimum absolute atomic E-state index is 0.643. The maximum atomic E-state index is 3.72. The number of nitrogens with one attached hydrogen (secondary N) is 1. The Labute approximate surface area is 129 Å². The SMILES string of the molecule is CCCNC(CCc1cccc2ccccc12)CC(C)C. The molecule has 0 aromatic heterocycles. The number of hydrogen-bond acceptors (Lipinski definition) is 1. The average Bonchev–Trinajstić information content (AvgIpc) is 2.49. The lowest BCUT2D eigenvalue weighted by Crippen LogP contribution is -2.31. The van der Waals surface area contributed by atoms with Crippen molar-refractivity contribution in [3.05, 3.63) is 48.0 Å². The lowest BCUT2D eigenvalue weighted by atomic mass is 9.95. The van der Waals surface area contributed by atoms with Gasteiger partial charge in [0.1, 0.15) is 0 Å². The molecule has 0 spiro atoms. The van der Waals surface area contributed by atoms with Gasteiger partial charge in [-0.05, 0) is 54.5 Å². The van der Waals surface area contributed by atoms with Crippen LogP contribution in [-0.2, 0) is 6.42 Å². The molecular formula is C20H29N. The van der Waals surface area contributed by atoms with Gasteiger partial charge in [0, 0.05) is 6.04 Å². The lowest BCUT2D eigenvalue weighted by Gasteiger charge is -2.21. The van der Waals surface area contributed by atoms with Crippen LogP contribution in [0.25, 0.3) is 10.8 Å².